The zero-order chi connectivity index (χ0) is 12.0. The molecule has 0 spiro atoms. The quantitative estimate of drug-likeness (QED) is 0.538. The van der Waals surface area contributed by atoms with Crippen molar-refractivity contribution in [1.29, 1.82) is 0 Å². The molecule has 0 unspecified atom stereocenters. The number of hydrogen-bond donors (Lipinski definition) is 0. The third-order valence-electron chi connectivity index (χ3n) is 2.48. The number of ketones is 1. The second-order valence-electron chi connectivity index (χ2n) is 3.84. The van der Waals surface area contributed by atoms with Gasteiger partial charge in [-0.1, -0.05) is 13.0 Å². The third-order valence-corrected chi connectivity index (χ3v) is 2.48. The SMILES string of the molecule is C=CCN(CCC)c1ccc(C(C)=O)cc1. The lowest BCUT2D eigenvalue weighted by Crippen LogP contribution is -2.23. The normalized spacial score (nSPS) is 9.88. The maximum Gasteiger partial charge on any atom is 0.159 e. The minimum absolute atomic E-state index is 0.109. The largest absolute Gasteiger partial charge is 0.368 e. The zero-order valence-electron chi connectivity index (χ0n) is 10.1. The van der Waals surface area contributed by atoms with Crippen LogP contribution < -0.4 is 4.90 Å². The van der Waals surface area contributed by atoms with Crippen molar-refractivity contribution in [2.24, 2.45) is 0 Å². The van der Waals surface area contributed by atoms with E-state index < -0.39 is 0 Å². The maximum absolute atomic E-state index is 11.1. The van der Waals surface area contributed by atoms with Crippen LogP contribution in [0.4, 0.5) is 5.69 Å². The molecule has 0 saturated carbocycles. The molecule has 1 aromatic carbocycles. The summed E-state index contributed by atoms with van der Waals surface area (Å²) in [5.74, 6) is 0.109. The van der Waals surface area contributed by atoms with Crippen LogP contribution in [0.2, 0.25) is 0 Å². The topological polar surface area (TPSA) is 20.3 Å². The van der Waals surface area contributed by atoms with Crippen LogP contribution in [0.25, 0.3) is 0 Å². The summed E-state index contributed by atoms with van der Waals surface area (Å²) >= 11 is 0. The highest BCUT2D eigenvalue weighted by atomic mass is 16.1. The Morgan fingerprint density at radius 3 is 2.44 bits per heavy atom. The van der Waals surface area contributed by atoms with E-state index in [0.717, 1.165) is 30.8 Å². The van der Waals surface area contributed by atoms with Gasteiger partial charge in [0.25, 0.3) is 0 Å². The standard InChI is InChI=1S/C14H19NO/c1-4-10-15(11-5-2)14-8-6-13(7-9-14)12(3)16/h4,6-9H,1,5,10-11H2,2-3H3. The van der Waals surface area contributed by atoms with Gasteiger partial charge in [0, 0.05) is 24.3 Å². The van der Waals surface area contributed by atoms with E-state index in [-0.39, 0.29) is 5.78 Å². The molecule has 16 heavy (non-hydrogen) atoms. The van der Waals surface area contributed by atoms with Gasteiger partial charge < -0.3 is 4.90 Å². The van der Waals surface area contributed by atoms with E-state index in [1.54, 1.807) is 6.92 Å². The highest BCUT2D eigenvalue weighted by molar-refractivity contribution is 5.94. The fourth-order valence-corrected chi connectivity index (χ4v) is 1.66. The molecule has 0 bridgehead atoms. The van der Waals surface area contributed by atoms with E-state index in [1.165, 1.54) is 0 Å². The van der Waals surface area contributed by atoms with Crippen LogP contribution in [0.3, 0.4) is 0 Å². The molecular weight excluding hydrogens is 198 g/mol. The average molecular weight is 217 g/mol. The Morgan fingerprint density at radius 1 is 1.38 bits per heavy atom. The van der Waals surface area contributed by atoms with Gasteiger partial charge in [-0.2, -0.15) is 0 Å². The predicted octanol–water partition coefficient (Wildman–Crippen LogP) is 3.29. The van der Waals surface area contributed by atoms with Gasteiger partial charge >= 0.3 is 0 Å². The fourth-order valence-electron chi connectivity index (χ4n) is 1.66. The first-order valence-corrected chi connectivity index (χ1v) is 5.66. The minimum Gasteiger partial charge on any atom is -0.368 e. The van der Waals surface area contributed by atoms with Gasteiger partial charge in [-0.05, 0) is 37.6 Å². The summed E-state index contributed by atoms with van der Waals surface area (Å²) in [4.78, 5) is 13.4. The van der Waals surface area contributed by atoms with E-state index in [2.05, 4.69) is 18.4 Å². The van der Waals surface area contributed by atoms with E-state index in [0.29, 0.717) is 0 Å². The van der Waals surface area contributed by atoms with Gasteiger partial charge in [-0.15, -0.1) is 6.58 Å². The van der Waals surface area contributed by atoms with Crippen molar-refractivity contribution < 1.29 is 4.79 Å². The van der Waals surface area contributed by atoms with Gasteiger partial charge in [-0.25, -0.2) is 0 Å². The molecule has 0 amide bonds. The number of hydrogen-bond acceptors (Lipinski definition) is 2. The number of rotatable bonds is 6. The number of carbonyl (C=O) groups excluding carboxylic acids is 1. The smallest absolute Gasteiger partial charge is 0.159 e. The van der Waals surface area contributed by atoms with Crippen molar-refractivity contribution in [3.63, 3.8) is 0 Å². The summed E-state index contributed by atoms with van der Waals surface area (Å²) in [6.45, 7) is 9.34. The summed E-state index contributed by atoms with van der Waals surface area (Å²) in [6, 6.07) is 7.75. The molecule has 1 aromatic rings. The lowest BCUT2D eigenvalue weighted by atomic mass is 10.1. The monoisotopic (exact) mass is 217 g/mol. The lowest BCUT2D eigenvalue weighted by Gasteiger charge is -2.22. The molecular formula is C14H19NO. The van der Waals surface area contributed by atoms with Crippen molar-refractivity contribution in [2.75, 3.05) is 18.0 Å². The zero-order valence-corrected chi connectivity index (χ0v) is 10.1. The number of benzene rings is 1. The predicted molar refractivity (Wildman–Crippen MR) is 69.1 cm³/mol. The Labute approximate surface area is 97.6 Å². The minimum atomic E-state index is 0.109. The summed E-state index contributed by atoms with van der Waals surface area (Å²) in [6.07, 6.45) is 3.00. The number of anilines is 1. The molecule has 0 radical (unpaired) electrons. The molecule has 0 aliphatic rings. The molecule has 0 heterocycles. The van der Waals surface area contributed by atoms with E-state index in [4.69, 9.17) is 0 Å². The second kappa shape index (κ2) is 6.11. The summed E-state index contributed by atoms with van der Waals surface area (Å²) in [7, 11) is 0. The average Bonchev–Trinajstić information content (AvgIpc) is 2.29. The Balaban J connectivity index is 2.84. The Bertz CT molecular complexity index is 354. The first-order valence-electron chi connectivity index (χ1n) is 5.66. The molecule has 0 aromatic heterocycles. The van der Waals surface area contributed by atoms with E-state index >= 15 is 0 Å². The molecule has 0 saturated heterocycles. The summed E-state index contributed by atoms with van der Waals surface area (Å²) in [5.41, 5.74) is 1.91. The Kier molecular flexibility index (Phi) is 4.77. The maximum atomic E-state index is 11.1. The second-order valence-corrected chi connectivity index (χ2v) is 3.84. The van der Waals surface area contributed by atoms with Crippen LogP contribution in [0, 0.1) is 0 Å². The van der Waals surface area contributed by atoms with E-state index in [9.17, 15) is 4.79 Å². The molecule has 0 fully saturated rings. The van der Waals surface area contributed by atoms with Crippen LogP contribution in [0.1, 0.15) is 30.6 Å². The van der Waals surface area contributed by atoms with Gasteiger partial charge in [0.2, 0.25) is 0 Å². The fraction of sp³-hybridized carbons (Fsp3) is 0.357. The van der Waals surface area contributed by atoms with Crippen LogP contribution in [0.15, 0.2) is 36.9 Å². The first-order chi connectivity index (χ1) is 7.69. The molecule has 0 aliphatic carbocycles. The van der Waals surface area contributed by atoms with Gasteiger partial charge in [0.1, 0.15) is 0 Å². The molecule has 0 N–H and O–H groups in total. The number of carbonyl (C=O) groups is 1. The van der Waals surface area contributed by atoms with Crippen molar-refractivity contribution in [3.05, 3.63) is 42.5 Å². The van der Waals surface area contributed by atoms with Crippen LogP contribution in [-0.4, -0.2) is 18.9 Å². The third kappa shape index (κ3) is 3.23. The first kappa shape index (κ1) is 12.5. The molecule has 0 atom stereocenters. The molecule has 2 nitrogen and oxygen atoms in total. The van der Waals surface area contributed by atoms with Crippen LogP contribution in [0.5, 0.6) is 0 Å². The Morgan fingerprint density at radius 2 is 2.00 bits per heavy atom. The number of nitrogens with zero attached hydrogens (tertiary/aromatic N) is 1. The van der Waals surface area contributed by atoms with Gasteiger partial charge in [0.15, 0.2) is 5.78 Å². The highest BCUT2D eigenvalue weighted by Gasteiger charge is 2.04. The molecule has 1 rings (SSSR count). The van der Waals surface area contributed by atoms with Gasteiger partial charge in [0.05, 0.1) is 0 Å². The van der Waals surface area contributed by atoms with Crippen molar-refractivity contribution in [2.45, 2.75) is 20.3 Å². The molecule has 86 valence electrons. The molecule has 0 aliphatic heterocycles. The van der Waals surface area contributed by atoms with Crippen LogP contribution in [-0.2, 0) is 0 Å². The lowest BCUT2D eigenvalue weighted by molar-refractivity contribution is 0.101. The van der Waals surface area contributed by atoms with Crippen molar-refractivity contribution >= 4 is 11.5 Å². The summed E-state index contributed by atoms with van der Waals surface area (Å²) < 4.78 is 0. The highest BCUT2D eigenvalue weighted by Crippen LogP contribution is 2.15. The number of Topliss-reactive ketones (excluding diaryl/α,β-unsaturated/α-hetero) is 1. The molecule has 2 heteroatoms. The van der Waals surface area contributed by atoms with Gasteiger partial charge in [-0.3, -0.25) is 4.79 Å². The van der Waals surface area contributed by atoms with Crippen molar-refractivity contribution in [1.82, 2.24) is 0 Å². The van der Waals surface area contributed by atoms with E-state index in [1.807, 2.05) is 30.3 Å². The Hall–Kier alpha value is -1.57. The van der Waals surface area contributed by atoms with Crippen LogP contribution >= 0.6 is 0 Å². The van der Waals surface area contributed by atoms with Crippen molar-refractivity contribution in [3.8, 4) is 0 Å². The summed E-state index contributed by atoms with van der Waals surface area (Å²) in [5, 5.41) is 0.